The lowest BCUT2D eigenvalue weighted by Gasteiger charge is -2.24. The summed E-state index contributed by atoms with van der Waals surface area (Å²) >= 11 is 0. The SMILES string of the molecule is CNC(=O)c1cccc(N(CCc2c(C)[nH]c3c(F)ccc(C)c23)C(=O)c2ccncc2)c1. The zero-order valence-electron chi connectivity index (χ0n) is 18.8. The molecule has 168 valence electrons. The minimum atomic E-state index is -0.298. The number of aryl methyl sites for hydroxylation is 2. The summed E-state index contributed by atoms with van der Waals surface area (Å²) in [6, 6.07) is 13.5. The molecule has 4 rings (SSSR count). The minimum Gasteiger partial charge on any atom is -0.356 e. The van der Waals surface area contributed by atoms with Crippen LogP contribution in [0.15, 0.2) is 60.9 Å². The van der Waals surface area contributed by atoms with E-state index in [0.29, 0.717) is 35.3 Å². The number of aromatic amines is 1. The van der Waals surface area contributed by atoms with E-state index in [2.05, 4.69) is 15.3 Å². The van der Waals surface area contributed by atoms with Gasteiger partial charge in [0.2, 0.25) is 0 Å². The predicted molar refractivity (Wildman–Crippen MR) is 127 cm³/mol. The van der Waals surface area contributed by atoms with Gasteiger partial charge in [-0.25, -0.2) is 4.39 Å². The number of nitrogens with one attached hydrogen (secondary N) is 2. The van der Waals surface area contributed by atoms with Crippen molar-refractivity contribution in [1.82, 2.24) is 15.3 Å². The second kappa shape index (κ2) is 9.24. The molecule has 0 fully saturated rings. The fourth-order valence-electron chi connectivity index (χ4n) is 4.14. The number of pyridine rings is 1. The molecule has 0 saturated heterocycles. The molecule has 0 aliphatic heterocycles. The lowest BCUT2D eigenvalue weighted by atomic mass is 10.0. The Morgan fingerprint density at radius 3 is 2.55 bits per heavy atom. The van der Waals surface area contributed by atoms with Gasteiger partial charge in [-0.1, -0.05) is 12.1 Å². The molecular formula is C26H25FN4O2. The topological polar surface area (TPSA) is 78.1 Å². The average molecular weight is 445 g/mol. The van der Waals surface area contributed by atoms with Gasteiger partial charge >= 0.3 is 0 Å². The summed E-state index contributed by atoms with van der Waals surface area (Å²) in [5, 5.41) is 3.46. The maximum Gasteiger partial charge on any atom is 0.258 e. The van der Waals surface area contributed by atoms with Crippen LogP contribution < -0.4 is 10.2 Å². The summed E-state index contributed by atoms with van der Waals surface area (Å²) in [7, 11) is 1.57. The van der Waals surface area contributed by atoms with E-state index in [1.54, 1.807) is 66.8 Å². The number of amides is 2. The molecular weight excluding hydrogens is 419 g/mol. The molecule has 4 aromatic rings. The number of rotatable bonds is 6. The lowest BCUT2D eigenvalue weighted by Crippen LogP contribution is -2.33. The molecule has 0 saturated carbocycles. The maximum absolute atomic E-state index is 14.4. The Labute approximate surface area is 191 Å². The molecule has 0 aliphatic rings. The summed E-state index contributed by atoms with van der Waals surface area (Å²) in [4.78, 5) is 34.4. The molecule has 2 aromatic heterocycles. The molecule has 2 aromatic carbocycles. The first-order valence-electron chi connectivity index (χ1n) is 10.7. The van der Waals surface area contributed by atoms with Gasteiger partial charge < -0.3 is 15.2 Å². The Hall–Kier alpha value is -4.00. The van der Waals surface area contributed by atoms with Crippen molar-refractivity contribution >= 4 is 28.4 Å². The quantitative estimate of drug-likeness (QED) is 0.457. The molecule has 2 N–H and O–H groups in total. The van der Waals surface area contributed by atoms with Crippen molar-refractivity contribution < 1.29 is 14.0 Å². The van der Waals surface area contributed by atoms with E-state index < -0.39 is 0 Å². The van der Waals surface area contributed by atoms with Crippen LogP contribution in [0.25, 0.3) is 10.9 Å². The Bertz CT molecular complexity index is 1330. The van der Waals surface area contributed by atoms with Gasteiger partial charge in [-0.05, 0) is 67.8 Å². The van der Waals surface area contributed by atoms with E-state index in [-0.39, 0.29) is 17.6 Å². The van der Waals surface area contributed by atoms with Gasteiger partial charge in [-0.3, -0.25) is 14.6 Å². The number of H-pyrrole nitrogens is 1. The third-order valence-corrected chi connectivity index (χ3v) is 5.83. The number of aromatic nitrogens is 2. The summed E-state index contributed by atoms with van der Waals surface area (Å²) in [5.41, 5.74) is 4.86. The Balaban J connectivity index is 1.73. The highest BCUT2D eigenvalue weighted by molar-refractivity contribution is 6.07. The zero-order chi connectivity index (χ0) is 23.5. The highest BCUT2D eigenvalue weighted by atomic mass is 19.1. The van der Waals surface area contributed by atoms with Crippen LogP contribution in [0.3, 0.4) is 0 Å². The van der Waals surface area contributed by atoms with Crippen LogP contribution in [0, 0.1) is 19.7 Å². The Kier molecular flexibility index (Phi) is 6.22. The van der Waals surface area contributed by atoms with Crippen LogP contribution in [0.2, 0.25) is 0 Å². The fourth-order valence-corrected chi connectivity index (χ4v) is 4.14. The fraction of sp³-hybridized carbons (Fsp3) is 0.192. The van der Waals surface area contributed by atoms with Gasteiger partial charge in [-0.2, -0.15) is 0 Å². The van der Waals surface area contributed by atoms with E-state index in [9.17, 15) is 14.0 Å². The second-order valence-electron chi connectivity index (χ2n) is 7.91. The molecule has 33 heavy (non-hydrogen) atoms. The first-order chi connectivity index (χ1) is 15.9. The predicted octanol–water partition coefficient (Wildman–Crippen LogP) is 4.57. The smallest absolute Gasteiger partial charge is 0.258 e. The monoisotopic (exact) mass is 444 g/mol. The molecule has 0 aliphatic carbocycles. The lowest BCUT2D eigenvalue weighted by molar-refractivity contribution is 0.0959. The number of carbonyl (C=O) groups excluding carboxylic acids is 2. The second-order valence-corrected chi connectivity index (χ2v) is 7.91. The molecule has 7 heteroatoms. The summed E-state index contributed by atoms with van der Waals surface area (Å²) < 4.78 is 14.4. The number of hydrogen-bond donors (Lipinski definition) is 2. The number of nitrogens with zero attached hydrogens (tertiary/aromatic N) is 2. The normalized spacial score (nSPS) is 10.9. The van der Waals surface area contributed by atoms with Crippen molar-refractivity contribution in [3.05, 3.63) is 94.7 Å². The minimum absolute atomic E-state index is 0.202. The van der Waals surface area contributed by atoms with Crippen LogP contribution in [-0.4, -0.2) is 35.4 Å². The summed E-state index contributed by atoms with van der Waals surface area (Å²) in [5.74, 6) is -0.730. The average Bonchev–Trinajstić information content (AvgIpc) is 3.19. The largest absolute Gasteiger partial charge is 0.356 e. The molecule has 0 atom stereocenters. The Morgan fingerprint density at radius 2 is 1.82 bits per heavy atom. The number of benzene rings is 2. The third-order valence-electron chi connectivity index (χ3n) is 5.83. The molecule has 2 amide bonds. The number of carbonyl (C=O) groups is 2. The summed E-state index contributed by atoms with van der Waals surface area (Å²) in [6.45, 7) is 4.21. The van der Waals surface area contributed by atoms with E-state index in [1.165, 1.54) is 6.07 Å². The van der Waals surface area contributed by atoms with Crippen molar-refractivity contribution in [3.8, 4) is 0 Å². The first-order valence-corrected chi connectivity index (χ1v) is 10.7. The van der Waals surface area contributed by atoms with Gasteiger partial charge in [0, 0.05) is 53.9 Å². The van der Waals surface area contributed by atoms with E-state index in [4.69, 9.17) is 0 Å². The van der Waals surface area contributed by atoms with E-state index in [1.807, 2.05) is 13.8 Å². The maximum atomic E-state index is 14.4. The van der Waals surface area contributed by atoms with Gasteiger partial charge in [0.25, 0.3) is 11.8 Å². The standard InChI is InChI=1S/C26H25FN4O2/c1-16-7-8-22(27)24-23(16)21(17(2)30-24)11-14-31(26(33)18-9-12-29-13-10-18)20-6-4-5-19(15-20)25(32)28-3/h4-10,12-13,15,30H,11,14H2,1-3H3,(H,28,32). The van der Waals surface area contributed by atoms with Crippen LogP contribution in [-0.2, 0) is 6.42 Å². The summed E-state index contributed by atoms with van der Waals surface area (Å²) in [6.07, 6.45) is 3.65. The van der Waals surface area contributed by atoms with Gasteiger partial charge in [0.05, 0.1) is 5.52 Å². The molecule has 0 unspecified atom stereocenters. The molecule has 2 heterocycles. The number of anilines is 1. The molecule has 0 spiro atoms. The molecule has 6 nitrogen and oxygen atoms in total. The third kappa shape index (κ3) is 4.35. The van der Waals surface area contributed by atoms with E-state index in [0.717, 1.165) is 22.2 Å². The number of fused-ring (bicyclic) bond motifs is 1. The van der Waals surface area contributed by atoms with E-state index >= 15 is 0 Å². The van der Waals surface area contributed by atoms with Crippen LogP contribution in [0.1, 0.15) is 37.5 Å². The van der Waals surface area contributed by atoms with Crippen LogP contribution in [0.5, 0.6) is 0 Å². The van der Waals surface area contributed by atoms with Gasteiger partial charge in [0.15, 0.2) is 0 Å². The first kappa shape index (κ1) is 22.2. The molecule has 0 radical (unpaired) electrons. The van der Waals surface area contributed by atoms with Crippen molar-refractivity contribution in [3.63, 3.8) is 0 Å². The van der Waals surface area contributed by atoms with Crippen molar-refractivity contribution in [2.24, 2.45) is 0 Å². The number of hydrogen-bond acceptors (Lipinski definition) is 3. The van der Waals surface area contributed by atoms with Crippen LogP contribution >= 0.6 is 0 Å². The number of halogens is 1. The highest BCUT2D eigenvalue weighted by Gasteiger charge is 2.21. The van der Waals surface area contributed by atoms with Crippen molar-refractivity contribution in [2.75, 3.05) is 18.5 Å². The van der Waals surface area contributed by atoms with Gasteiger partial charge in [-0.15, -0.1) is 0 Å². The zero-order valence-corrected chi connectivity index (χ0v) is 18.8. The van der Waals surface area contributed by atoms with Crippen molar-refractivity contribution in [1.29, 1.82) is 0 Å². The van der Waals surface area contributed by atoms with Crippen molar-refractivity contribution in [2.45, 2.75) is 20.3 Å². The van der Waals surface area contributed by atoms with Crippen LogP contribution in [0.4, 0.5) is 10.1 Å². The Morgan fingerprint density at radius 1 is 1.06 bits per heavy atom. The molecule has 0 bridgehead atoms. The highest BCUT2D eigenvalue weighted by Crippen LogP contribution is 2.29. The van der Waals surface area contributed by atoms with Gasteiger partial charge in [0.1, 0.15) is 5.82 Å².